The van der Waals surface area contributed by atoms with Gasteiger partial charge in [-0.25, -0.2) is 0 Å². The Labute approximate surface area is 124 Å². The molecule has 1 aromatic rings. The molecule has 0 saturated heterocycles. The fourth-order valence-electron chi connectivity index (χ4n) is 1.77. The zero-order chi connectivity index (χ0) is 14.3. The molecule has 0 bridgehead atoms. The summed E-state index contributed by atoms with van der Waals surface area (Å²) in [6.45, 7) is 8.65. The lowest BCUT2D eigenvalue weighted by Gasteiger charge is -2.12. The Balaban J connectivity index is 3.01. The highest BCUT2D eigenvalue weighted by atomic mass is 79.9. The minimum Gasteiger partial charge on any atom is -0.493 e. The van der Waals surface area contributed by atoms with Crippen LogP contribution in [0.3, 0.4) is 0 Å². The van der Waals surface area contributed by atoms with Crippen molar-refractivity contribution in [3.8, 4) is 11.5 Å². The number of nitrogens with one attached hydrogen (secondary N) is 1. The molecule has 3 nitrogen and oxygen atoms in total. The van der Waals surface area contributed by atoms with Crippen molar-refractivity contribution in [1.29, 1.82) is 0 Å². The summed E-state index contributed by atoms with van der Waals surface area (Å²) in [6, 6.07) is 4.04. The number of hydrogen-bond acceptors (Lipinski definition) is 3. The number of ether oxygens (including phenoxy) is 2. The third-order valence-electron chi connectivity index (χ3n) is 2.61. The first kappa shape index (κ1) is 16.1. The predicted molar refractivity (Wildman–Crippen MR) is 84.1 cm³/mol. The summed E-state index contributed by atoms with van der Waals surface area (Å²) < 4.78 is 11.9. The Morgan fingerprint density at radius 1 is 1.37 bits per heavy atom. The monoisotopic (exact) mass is 327 g/mol. The van der Waals surface area contributed by atoms with Crippen LogP contribution in [0.1, 0.15) is 26.3 Å². The van der Waals surface area contributed by atoms with Crippen LogP contribution in [-0.2, 0) is 0 Å². The SMILES string of the molecule is CCNCC(C)=Cc1cc(Br)c(OCC)c(OC)c1. The number of hydrogen-bond donors (Lipinski definition) is 1. The molecule has 0 saturated carbocycles. The molecule has 0 aromatic heterocycles. The second-order valence-electron chi connectivity index (χ2n) is 4.24. The molecule has 0 radical (unpaired) electrons. The van der Waals surface area contributed by atoms with E-state index >= 15 is 0 Å². The molecule has 0 heterocycles. The second-order valence-corrected chi connectivity index (χ2v) is 5.09. The lowest BCUT2D eigenvalue weighted by Crippen LogP contribution is -2.14. The maximum absolute atomic E-state index is 5.58. The van der Waals surface area contributed by atoms with Gasteiger partial charge < -0.3 is 14.8 Å². The van der Waals surface area contributed by atoms with E-state index in [0.29, 0.717) is 6.61 Å². The minimum absolute atomic E-state index is 0.615. The highest BCUT2D eigenvalue weighted by molar-refractivity contribution is 9.10. The molecule has 1 rings (SSSR count). The van der Waals surface area contributed by atoms with E-state index in [2.05, 4.69) is 41.2 Å². The Morgan fingerprint density at radius 2 is 2.11 bits per heavy atom. The number of methoxy groups -OCH3 is 1. The van der Waals surface area contributed by atoms with Gasteiger partial charge in [0.2, 0.25) is 0 Å². The normalized spacial score (nSPS) is 11.5. The summed E-state index contributed by atoms with van der Waals surface area (Å²) in [6.07, 6.45) is 2.14. The van der Waals surface area contributed by atoms with Crippen molar-refractivity contribution in [1.82, 2.24) is 5.32 Å². The van der Waals surface area contributed by atoms with Crippen LogP contribution in [0.25, 0.3) is 6.08 Å². The van der Waals surface area contributed by atoms with Crippen molar-refractivity contribution in [3.63, 3.8) is 0 Å². The lowest BCUT2D eigenvalue weighted by atomic mass is 10.1. The average molecular weight is 328 g/mol. The second kappa shape index (κ2) is 8.23. The number of benzene rings is 1. The van der Waals surface area contributed by atoms with Crippen LogP contribution >= 0.6 is 15.9 Å². The lowest BCUT2D eigenvalue weighted by molar-refractivity contribution is 0.309. The zero-order valence-electron chi connectivity index (χ0n) is 12.0. The van der Waals surface area contributed by atoms with Crippen molar-refractivity contribution in [2.75, 3.05) is 26.8 Å². The van der Waals surface area contributed by atoms with E-state index in [-0.39, 0.29) is 0 Å². The molecular formula is C15H22BrNO2. The molecule has 106 valence electrons. The molecule has 1 aromatic carbocycles. The largest absolute Gasteiger partial charge is 0.493 e. The predicted octanol–water partition coefficient (Wildman–Crippen LogP) is 3.87. The summed E-state index contributed by atoms with van der Waals surface area (Å²) >= 11 is 3.53. The number of halogens is 1. The molecule has 0 unspecified atom stereocenters. The van der Waals surface area contributed by atoms with E-state index in [9.17, 15) is 0 Å². The summed E-state index contributed by atoms with van der Waals surface area (Å²) in [5.41, 5.74) is 2.38. The smallest absolute Gasteiger partial charge is 0.175 e. The van der Waals surface area contributed by atoms with Gasteiger partial charge in [-0.1, -0.05) is 18.6 Å². The van der Waals surface area contributed by atoms with Gasteiger partial charge in [-0.05, 0) is 54.0 Å². The zero-order valence-corrected chi connectivity index (χ0v) is 13.6. The van der Waals surface area contributed by atoms with E-state index < -0.39 is 0 Å². The fraction of sp³-hybridized carbons (Fsp3) is 0.467. The third kappa shape index (κ3) is 4.88. The van der Waals surface area contributed by atoms with E-state index in [1.165, 1.54) is 5.57 Å². The average Bonchev–Trinajstić information content (AvgIpc) is 2.39. The van der Waals surface area contributed by atoms with Crippen LogP contribution in [0.5, 0.6) is 11.5 Å². The van der Waals surface area contributed by atoms with Crippen LogP contribution < -0.4 is 14.8 Å². The quantitative estimate of drug-likeness (QED) is 0.824. The number of rotatable bonds is 7. The Kier molecular flexibility index (Phi) is 6.95. The minimum atomic E-state index is 0.615. The Morgan fingerprint density at radius 3 is 2.68 bits per heavy atom. The standard InChI is InChI=1S/C15H22BrNO2/c1-5-17-10-11(3)7-12-8-13(16)15(19-6-2)14(9-12)18-4/h7-9,17H,5-6,10H2,1-4H3. The summed E-state index contributed by atoms with van der Waals surface area (Å²) in [5, 5.41) is 3.31. The van der Waals surface area contributed by atoms with Crippen molar-refractivity contribution < 1.29 is 9.47 Å². The topological polar surface area (TPSA) is 30.5 Å². The van der Waals surface area contributed by atoms with E-state index in [0.717, 1.165) is 34.6 Å². The summed E-state index contributed by atoms with van der Waals surface area (Å²) in [7, 11) is 1.66. The molecule has 0 amide bonds. The molecule has 0 atom stereocenters. The van der Waals surface area contributed by atoms with Crippen LogP contribution in [-0.4, -0.2) is 26.8 Å². The van der Waals surface area contributed by atoms with Gasteiger partial charge in [0.1, 0.15) is 0 Å². The van der Waals surface area contributed by atoms with Crippen LogP contribution in [0.4, 0.5) is 0 Å². The van der Waals surface area contributed by atoms with E-state index in [4.69, 9.17) is 9.47 Å². The van der Waals surface area contributed by atoms with Crippen molar-refractivity contribution >= 4 is 22.0 Å². The van der Waals surface area contributed by atoms with Crippen molar-refractivity contribution in [2.24, 2.45) is 0 Å². The van der Waals surface area contributed by atoms with Gasteiger partial charge in [0.15, 0.2) is 11.5 Å². The first-order chi connectivity index (χ1) is 9.12. The number of likely N-dealkylation sites (N-methyl/N-ethyl adjacent to an activating group) is 1. The van der Waals surface area contributed by atoms with E-state index in [1.807, 2.05) is 19.1 Å². The van der Waals surface area contributed by atoms with Gasteiger partial charge in [-0.15, -0.1) is 0 Å². The maximum Gasteiger partial charge on any atom is 0.175 e. The Bertz CT molecular complexity index is 444. The molecular weight excluding hydrogens is 306 g/mol. The van der Waals surface area contributed by atoms with Gasteiger partial charge in [-0.3, -0.25) is 0 Å². The Hall–Kier alpha value is -1.00. The molecule has 0 aliphatic rings. The van der Waals surface area contributed by atoms with Crippen molar-refractivity contribution in [3.05, 3.63) is 27.7 Å². The molecule has 0 spiro atoms. The van der Waals surface area contributed by atoms with Gasteiger partial charge in [-0.2, -0.15) is 0 Å². The highest BCUT2D eigenvalue weighted by Crippen LogP contribution is 2.37. The summed E-state index contributed by atoms with van der Waals surface area (Å²) in [5.74, 6) is 1.50. The summed E-state index contributed by atoms with van der Waals surface area (Å²) in [4.78, 5) is 0. The van der Waals surface area contributed by atoms with Crippen molar-refractivity contribution in [2.45, 2.75) is 20.8 Å². The van der Waals surface area contributed by atoms with Gasteiger partial charge in [0, 0.05) is 6.54 Å². The molecule has 0 fully saturated rings. The molecule has 19 heavy (non-hydrogen) atoms. The van der Waals surface area contributed by atoms with Crippen LogP contribution in [0, 0.1) is 0 Å². The van der Waals surface area contributed by atoms with Gasteiger partial charge in [0.05, 0.1) is 18.2 Å². The molecule has 0 aliphatic heterocycles. The van der Waals surface area contributed by atoms with E-state index in [1.54, 1.807) is 7.11 Å². The third-order valence-corrected chi connectivity index (χ3v) is 3.20. The molecule has 0 aliphatic carbocycles. The highest BCUT2D eigenvalue weighted by Gasteiger charge is 2.10. The maximum atomic E-state index is 5.58. The fourth-order valence-corrected chi connectivity index (χ4v) is 2.34. The molecule has 1 N–H and O–H groups in total. The first-order valence-corrected chi connectivity index (χ1v) is 7.29. The van der Waals surface area contributed by atoms with Gasteiger partial charge in [0.25, 0.3) is 0 Å². The van der Waals surface area contributed by atoms with Crippen LogP contribution in [0.2, 0.25) is 0 Å². The van der Waals surface area contributed by atoms with Gasteiger partial charge >= 0.3 is 0 Å². The first-order valence-electron chi connectivity index (χ1n) is 6.50. The van der Waals surface area contributed by atoms with Crippen LogP contribution in [0.15, 0.2) is 22.2 Å². The molecule has 4 heteroatoms.